The number of nitrogens with one attached hydrogen (secondary N) is 1. The third kappa shape index (κ3) is 4.79. The highest BCUT2D eigenvalue weighted by Crippen LogP contribution is 2.19. The minimum absolute atomic E-state index is 0.0674. The van der Waals surface area contributed by atoms with Gasteiger partial charge in [0.05, 0.1) is 6.42 Å². The number of amides is 2. The molecule has 0 aromatic heterocycles. The third-order valence-electron chi connectivity index (χ3n) is 2.91. The van der Waals surface area contributed by atoms with Crippen molar-refractivity contribution in [3.05, 3.63) is 24.3 Å². The van der Waals surface area contributed by atoms with E-state index in [1.807, 2.05) is 6.92 Å². The first-order valence-corrected chi connectivity index (χ1v) is 6.49. The zero-order valence-corrected chi connectivity index (χ0v) is 11.7. The van der Waals surface area contributed by atoms with Gasteiger partial charge in [-0.25, -0.2) is 4.79 Å². The van der Waals surface area contributed by atoms with Crippen LogP contribution in [0.15, 0.2) is 24.3 Å². The Hall–Kier alpha value is -2.24. The monoisotopic (exact) mass is 280 g/mol. The summed E-state index contributed by atoms with van der Waals surface area (Å²) in [6, 6.07) is 5.51. The molecule has 0 bridgehead atoms. The number of aromatic hydroxyl groups is 1. The first-order chi connectivity index (χ1) is 9.43. The van der Waals surface area contributed by atoms with Crippen molar-refractivity contribution in [3.8, 4) is 5.75 Å². The summed E-state index contributed by atoms with van der Waals surface area (Å²) in [5.74, 6) is -0.874. The SMILES string of the molecule is CCCC(CC(=O)O)NC(=O)N(C)c1cccc(O)c1. The van der Waals surface area contributed by atoms with Gasteiger partial charge in [-0.2, -0.15) is 0 Å². The Bertz CT molecular complexity index is 476. The molecule has 20 heavy (non-hydrogen) atoms. The Morgan fingerprint density at radius 2 is 2.10 bits per heavy atom. The maximum absolute atomic E-state index is 12.1. The van der Waals surface area contributed by atoms with Gasteiger partial charge in [-0.15, -0.1) is 0 Å². The van der Waals surface area contributed by atoms with Crippen LogP contribution in [0.3, 0.4) is 0 Å². The highest BCUT2D eigenvalue weighted by atomic mass is 16.4. The molecule has 0 aliphatic heterocycles. The van der Waals surface area contributed by atoms with E-state index in [1.165, 1.54) is 17.0 Å². The molecule has 0 radical (unpaired) electrons. The van der Waals surface area contributed by atoms with E-state index in [1.54, 1.807) is 19.2 Å². The van der Waals surface area contributed by atoms with E-state index in [2.05, 4.69) is 5.32 Å². The van der Waals surface area contributed by atoms with Crippen molar-refractivity contribution in [2.75, 3.05) is 11.9 Å². The van der Waals surface area contributed by atoms with Crippen LogP contribution in [-0.4, -0.2) is 35.3 Å². The number of hydrogen-bond donors (Lipinski definition) is 3. The van der Waals surface area contributed by atoms with E-state index < -0.39 is 18.0 Å². The number of nitrogens with zero attached hydrogens (tertiary/aromatic N) is 1. The second-order valence-corrected chi connectivity index (χ2v) is 4.61. The van der Waals surface area contributed by atoms with Crippen LogP contribution in [-0.2, 0) is 4.79 Å². The van der Waals surface area contributed by atoms with Crippen molar-refractivity contribution in [3.63, 3.8) is 0 Å². The molecule has 1 atom stereocenters. The lowest BCUT2D eigenvalue weighted by Crippen LogP contribution is -2.44. The highest BCUT2D eigenvalue weighted by Gasteiger charge is 2.18. The Morgan fingerprint density at radius 1 is 1.40 bits per heavy atom. The molecule has 1 aromatic carbocycles. The van der Waals surface area contributed by atoms with Crippen LogP contribution < -0.4 is 10.2 Å². The van der Waals surface area contributed by atoms with E-state index in [0.29, 0.717) is 12.1 Å². The lowest BCUT2D eigenvalue weighted by molar-refractivity contribution is -0.137. The molecule has 0 spiro atoms. The Kier molecular flexibility index (Phi) is 5.83. The summed E-state index contributed by atoms with van der Waals surface area (Å²) in [6.45, 7) is 1.93. The van der Waals surface area contributed by atoms with E-state index in [4.69, 9.17) is 5.11 Å². The van der Waals surface area contributed by atoms with Crippen LogP contribution in [0, 0.1) is 0 Å². The molecular formula is C14H20N2O4. The van der Waals surface area contributed by atoms with Gasteiger partial charge in [-0.3, -0.25) is 9.69 Å². The molecular weight excluding hydrogens is 260 g/mol. The van der Waals surface area contributed by atoms with Gasteiger partial charge in [-0.05, 0) is 18.6 Å². The van der Waals surface area contributed by atoms with E-state index in [0.717, 1.165) is 6.42 Å². The van der Waals surface area contributed by atoms with Gasteiger partial charge in [0.2, 0.25) is 0 Å². The lowest BCUT2D eigenvalue weighted by atomic mass is 10.1. The number of carboxylic acid groups (broad SMARTS) is 1. The van der Waals surface area contributed by atoms with Crippen LogP contribution in [0.4, 0.5) is 10.5 Å². The molecule has 1 rings (SSSR count). The second-order valence-electron chi connectivity index (χ2n) is 4.61. The first-order valence-electron chi connectivity index (χ1n) is 6.49. The Balaban J connectivity index is 2.70. The molecule has 0 saturated heterocycles. The zero-order valence-electron chi connectivity index (χ0n) is 11.7. The summed E-state index contributed by atoms with van der Waals surface area (Å²) < 4.78 is 0. The van der Waals surface area contributed by atoms with Gasteiger partial charge in [0, 0.05) is 24.8 Å². The number of benzene rings is 1. The molecule has 0 aliphatic carbocycles. The van der Waals surface area contributed by atoms with Crippen LogP contribution >= 0.6 is 0 Å². The smallest absolute Gasteiger partial charge is 0.321 e. The zero-order chi connectivity index (χ0) is 15.1. The Labute approximate surface area is 118 Å². The maximum Gasteiger partial charge on any atom is 0.321 e. The summed E-state index contributed by atoms with van der Waals surface area (Å²) in [5, 5.41) is 20.9. The quantitative estimate of drug-likeness (QED) is 0.745. The minimum Gasteiger partial charge on any atom is -0.508 e. The van der Waals surface area contributed by atoms with Gasteiger partial charge < -0.3 is 15.5 Å². The van der Waals surface area contributed by atoms with Gasteiger partial charge in [0.15, 0.2) is 0 Å². The van der Waals surface area contributed by atoms with Crippen molar-refractivity contribution >= 4 is 17.7 Å². The summed E-state index contributed by atoms with van der Waals surface area (Å²) >= 11 is 0. The molecule has 110 valence electrons. The van der Waals surface area contributed by atoms with Gasteiger partial charge in [0.1, 0.15) is 5.75 Å². The van der Waals surface area contributed by atoms with Crippen molar-refractivity contribution in [2.24, 2.45) is 0 Å². The number of urea groups is 1. The third-order valence-corrected chi connectivity index (χ3v) is 2.91. The average molecular weight is 280 g/mol. The predicted molar refractivity (Wildman–Crippen MR) is 76.0 cm³/mol. The van der Waals surface area contributed by atoms with Crippen LogP contribution in [0.5, 0.6) is 5.75 Å². The summed E-state index contributed by atoms with van der Waals surface area (Å²) in [5.41, 5.74) is 0.535. The number of rotatable bonds is 6. The molecule has 6 heteroatoms. The molecule has 1 aromatic rings. The topological polar surface area (TPSA) is 89.9 Å². The number of carbonyl (C=O) groups excluding carboxylic acids is 1. The predicted octanol–water partition coefficient (Wildman–Crippen LogP) is 2.18. The molecule has 1 unspecified atom stereocenters. The first kappa shape index (κ1) is 15.8. The fourth-order valence-corrected chi connectivity index (χ4v) is 1.87. The number of phenols is 1. The fraction of sp³-hybridized carbons (Fsp3) is 0.429. The second kappa shape index (κ2) is 7.37. The molecule has 0 heterocycles. The Morgan fingerprint density at radius 3 is 2.65 bits per heavy atom. The van der Waals surface area contributed by atoms with Gasteiger partial charge in [0.25, 0.3) is 0 Å². The molecule has 2 amide bonds. The van der Waals surface area contributed by atoms with Crippen molar-refractivity contribution in [1.82, 2.24) is 5.32 Å². The fourth-order valence-electron chi connectivity index (χ4n) is 1.87. The number of anilines is 1. The number of carboxylic acids is 1. The van der Waals surface area contributed by atoms with Crippen LogP contribution in [0.25, 0.3) is 0 Å². The molecule has 0 fully saturated rings. The van der Waals surface area contributed by atoms with E-state index in [9.17, 15) is 14.7 Å². The van der Waals surface area contributed by atoms with E-state index >= 15 is 0 Å². The molecule has 6 nitrogen and oxygen atoms in total. The minimum atomic E-state index is -0.941. The lowest BCUT2D eigenvalue weighted by Gasteiger charge is -2.22. The van der Waals surface area contributed by atoms with E-state index in [-0.39, 0.29) is 12.2 Å². The summed E-state index contributed by atoms with van der Waals surface area (Å²) in [6.07, 6.45) is 1.29. The van der Waals surface area contributed by atoms with Crippen LogP contribution in [0.2, 0.25) is 0 Å². The molecule has 0 saturated carbocycles. The highest BCUT2D eigenvalue weighted by molar-refractivity contribution is 5.92. The normalized spacial score (nSPS) is 11.7. The summed E-state index contributed by atoms with van der Waals surface area (Å²) in [4.78, 5) is 24.2. The number of phenolic OH excluding ortho intramolecular Hbond substituents is 1. The maximum atomic E-state index is 12.1. The number of aliphatic carboxylic acids is 1. The van der Waals surface area contributed by atoms with Crippen LogP contribution in [0.1, 0.15) is 26.2 Å². The average Bonchev–Trinajstić information content (AvgIpc) is 2.37. The van der Waals surface area contributed by atoms with Crippen molar-refractivity contribution in [2.45, 2.75) is 32.2 Å². The number of hydrogen-bond acceptors (Lipinski definition) is 3. The standard InChI is InChI=1S/C14H20N2O4/c1-3-5-10(8-13(18)19)15-14(20)16(2)11-6-4-7-12(17)9-11/h4,6-7,9-10,17H,3,5,8H2,1-2H3,(H,15,20)(H,18,19). The van der Waals surface area contributed by atoms with Gasteiger partial charge >= 0.3 is 12.0 Å². The van der Waals surface area contributed by atoms with Crippen molar-refractivity contribution < 1.29 is 19.8 Å². The largest absolute Gasteiger partial charge is 0.508 e. The molecule has 0 aliphatic rings. The van der Waals surface area contributed by atoms with Gasteiger partial charge in [-0.1, -0.05) is 19.4 Å². The summed E-state index contributed by atoms with van der Waals surface area (Å²) in [7, 11) is 1.56. The van der Waals surface area contributed by atoms with Crippen molar-refractivity contribution in [1.29, 1.82) is 0 Å². The number of carbonyl (C=O) groups is 2. The molecule has 3 N–H and O–H groups in total.